The molecule has 7 heteroatoms. The molecule has 0 aliphatic heterocycles. The lowest BCUT2D eigenvalue weighted by molar-refractivity contribution is -0.120. The number of nitrogens with one attached hydrogen (secondary N) is 1. The van der Waals surface area contributed by atoms with E-state index in [1.165, 1.54) is 5.56 Å². The maximum absolute atomic E-state index is 12.2. The maximum Gasteiger partial charge on any atom is 0.223 e. The summed E-state index contributed by atoms with van der Waals surface area (Å²) < 4.78 is 12.6. The number of aromatic nitrogens is 2. The minimum atomic E-state index is 0.0381. The Kier molecular flexibility index (Phi) is 9.93. The van der Waals surface area contributed by atoms with Crippen molar-refractivity contribution in [3.63, 3.8) is 0 Å². The number of amides is 1. The van der Waals surface area contributed by atoms with E-state index in [1.54, 1.807) is 26.7 Å². The Bertz CT molecular complexity index is 1080. The van der Waals surface area contributed by atoms with E-state index < -0.39 is 0 Å². The van der Waals surface area contributed by atoms with Crippen molar-refractivity contribution in [1.29, 1.82) is 0 Å². The van der Waals surface area contributed by atoms with Crippen molar-refractivity contribution in [2.75, 3.05) is 40.9 Å². The first kappa shape index (κ1) is 26.0. The van der Waals surface area contributed by atoms with E-state index >= 15 is 0 Å². The number of likely N-dealkylation sites (N-methyl/N-ethyl adjacent to an activating group) is 1. The van der Waals surface area contributed by atoms with Crippen LogP contribution < -0.4 is 14.8 Å². The molecule has 3 rings (SSSR count). The molecule has 1 unspecified atom stereocenters. The van der Waals surface area contributed by atoms with Crippen LogP contribution in [0.3, 0.4) is 0 Å². The Morgan fingerprint density at radius 1 is 1.14 bits per heavy atom. The molecule has 0 bridgehead atoms. The van der Waals surface area contributed by atoms with Crippen LogP contribution in [0.2, 0.25) is 0 Å². The van der Waals surface area contributed by atoms with Gasteiger partial charge >= 0.3 is 0 Å². The summed E-state index contributed by atoms with van der Waals surface area (Å²) in [5, 5.41) is 3.05. The van der Waals surface area contributed by atoms with Gasteiger partial charge in [-0.2, -0.15) is 0 Å². The summed E-state index contributed by atoms with van der Waals surface area (Å²) in [6, 6.07) is 14.2. The van der Waals surface area contributed by atoms with Crippen LogP contribution in [0, 0.1) is 5.92 Å². The molecule has 1 N–H and O–H groups in total. The third-order valence-corrected chi connectivity index (χ3v) is 5.81. The van der Waals surface area contributed by atoms with Crippen molar-refractivity contribution >= 4 is 12.0 Å². The molecular weight excluding hydrogens is 440 g/mol. The molecule has 1 atom stereocenters. The van der Waals surface area contributed by atoms with E-state index in [-0.39, 0.29) is 5.91 Å². The van der Waals surface area contributed by atoms with Crippen LogP contribution in [0.1, 0.15) is 24.5 Å². The van der Waals surface area contributed by atoms with E-state index in [2.05, 4.69) is 35.2 Å². The van der Waals surface area contributed by atoms with Crippen LogP contribution in [0.4, 0.5) is 0 Å². The molecule has 3 aromatic rings. The minimum Gasteiger partial charge on any atom is -0.493 e. The SMILES string of the molecule is COc1ccc(CCN(C)CC(C)CNC(=O)C/C=C/c2ccc(-n3ccnc3)cc2)cc1OC. The zero-order chi connectivity index (χ0) is 25.0. The summed E-state index contributed by atoms with van der Waals surface area (Å²) in [7, 11) is 5.41. The second-order valence-corrected chi connectivity index (χ2v) is 8.78. The highest BCUT2D eigenvalue weighted by Gasteiger charge is 2.10. The number of methoxy groups -OCH3 is 2. The summed E-state index contributed by atoms with van der Waals surface area (Å²) in [5.74, 6) is 1.89. The number of rotatable bonds is 13. The highest BCUT2D eigenvalue weighted by molar-refractivity contribution is 5.78. The lowest BCUT2D eigenvalue weighted by Gasteiger charge is -2.21. The monoisotopic (exact) mass is 476 g/mol. The number of imidazole rings is 1. The number of nitrogens with zero attached hydrogens (tertiary/aromatic N) is 3. The van der Waals surface area contributed by atoms with Crippen molar-refractivity contribution < 1.29 is 14.3 Å². The van der Waals surface area contributed by atoms with Gasteiger partial charge in [0.15, 0.2) is 11.5 Å². The Hall–Kier alpha value is -3.58. The van der Waals surface area contributed by atoms with E-state index in [0.29, 0.717) is 18.9 Å². The largest absolute Gasteiger partial charge is 0.493 e. The van der Waals surface area contributed by atoms with Crippen LogP contribution in [0.25, 0.3) is 11.8 Å². The van der Waals surface area contributed by atoms with Gasteiger partial charge in [-0.05, 0) is 54.8 Å². The normalized spacial score (nSPS) is 12.1. The van der Waals surface area contributed by atoms with Crippen LogP contribution in [0.15, 0.2) is 67.3 Å². The first-order valence-corrected chi connectivity index (χ1v) is 11.9. The zero-order valence-corrected chi connectivity index (χ0v) is 21.1. The van der Waals surface area contributed by atoms with E-state index in [9.17, 15) is 4.79 Å². The lowest BCUT2D eigenvalue weighted by Crippen LogP contribution is -2.34. The first-order chi connectivity index (χ1) is 17.0. The predicted molar refractivity (Wildman–Crippen MR) is 140 cm³/mol. The van der Waals surface area contributed by atoms with Crippen LogP contribution in [-0.2, 0) is 11.2 Å². The average molecular weight is 477 g/mol. The Morgan fingerprint density at radius 3 is 2.60 bits per heavy atom. The highest BCUT2D eigenvalue weighted by Crippen LogP contribution is 2.27. The molecule has 2 aromatic carbocycles. The summed E-state index contributed by atoms with van der Waals surface area (Å²) in [4.78, 5) is 18.6. The molecule has 0 saturated heterocycles. The fourth-order valence-corrected chi connectivity index (χ4v) is 3.88. The fourth-order valence-electron chi connectivity index (χ4n) is 3.88. The third kappa shape index (κ3) is 8.30. The van der Waals surface area contributed by atoms with Gasteiger partial charge in [0, 0.05) is 44.1 Å². The molecule has 1 amide bonds. The van der Waals surface area contributed by atoms with Gasteiger partial charge in [-0.3, -0.25) is 4.79 Å². The minimum absolute atomic E-state index is 0.0381. The van der Waals surface area contributed by atoms with Gasteiger partial charge in [0.05, 0.1) is 20.5 Å². The van der Waals surface area contributed by atoms with Crippen molar-refractivity contribution in [3.05, 3.63) is 78.4 Å². The van der Waals surface area contributed by atoms with Gasteiger partial charge in [0.2, 0.25) is 5.91 Å². The molecular formula is C28H36N4O3. The van der Waals surface area contributed by atoms with Crippen LogP contribution in [0.5, 0.6) is 11.5 Å². The molecule has 7 nitrogen and oxygen atoms in total. The maximum atomic E-state index is 12.2. The number of ether oxygens (including phenoxy) is 2. The third-order valence-electron chi connectivity index (χ3n) is 5.81. The topological polar surface area (TPSA) is 68.6 Å². The fraction of sp³-hybridized carbons (Fsp3) is 0.357. The molecule has 186 valence electrons. The number of carbonyl (C=O) groups excluding carboxylic acids is 1. The Labute approximate surface area is 208 Å². The molecule has 0 fully saturated rings. The zero-order valence-electron chi connectivity index (χ0n) is 21.1. The number of hydrogen-bond acceptors (Lipinski definition) is 5. The molecule has 1 aromatic heterocycles. The number of benzene rings is 2. The molecule has 35 heavy (non-hydrogen) atoms. The van der Waals surface area contributed by atoms with Gasteiger partial charge in [0.1, 0.15) is 0 Å². The van der Waals surface area contributed by atoms with Crippen molar-refractivity contribution in [2.24, 2.45) is 5.92 Å². The molecule has 1 heterocycles. The molecule has 0 spiro atoms. The number of carbonyl (C=O) groups is 1. The van der Waals surface area contributed by atoms with Crippen LogP contribution >= 0.6 is 0 Å². The van der Waals surface area contributed by atoms with Crippen LogP contribution in [-0.4, -0.2) is 61.3 Å². The van der Waals surface area contributed by atoms with Crippen molar-refractivity contribution in [2.45, 2.75) is 19.8 Å². The van der Waals surface area contributed by atoms with Gasteiger partial charge in [-0.15, -0.1) is 0 Å². The molecule has 0 saturated carbocycles. The summed E-state index contributed by atoms with van der Waals surface area (Å²) >= 11 is 0. The standard InChI is InChI=1S/C28H36N4O3/c1-22(20-31(2)16-14-24-10-13-26(34-3)27(18-24)35-4)19-30-28(33)7-5-6-23-8-11-25(12-9-23)32-17-15-29-21-32/h5-6,8-13,15,17-18,21-22H,7,14,16,19-20H2,1-4H3,(H,30,33)/b6-5+. The van der Waals surface area contributed by atoms with E-state index in [4.69, 9.17) is 9.47 Å². The van der Waals surface area contributed by atoms with E-state index in [0.717, 1.165) is 42.3 Å². The van der Waals surface area contributed by atoms with Crippen molar-refractivity contribution in [1.82, 2.24) is 19.8 Å². The summed E-state index contributed by atoms with van der Waals surface area (Å²) in [6.45, 7) is 4.65. The van der Waals surface area contributed by atoms with Crippen molar-refractivity contribution in [3.8, 4) is 17.2 Å². The van der Waals surface area contributed by atoms with Gasteiger partial charge in [-0.25, -0.2) is 4.98 Å². The smallest absolute Gasteiger partial charge is 0.223 e. The van der Waals surface area contributed by atoms with Gasteiger partial charge < -0.3 is 24.3 Å². The Balaban J connectivity index is 1.34. The first-order valence-electron chi connectivity index (χ1n) is 11.9. The lowest BCUT2D eigenvalue weighted by atomic mass is 10.1. The summed E-state index contributed by atoms with van der Waals surface area (Å²) in [5.41, 5.74) is 3.32. The van der Waals surface area contributed by atoms with Gasteiger partial charge in [-0.1, -0.05) is 37.3 Å². The molecule has 0 aliphatic carbocycles. The second kappa shape index (κ2) is 13.3. The average Bonchev–Trinajstić information content (AvgIpc) is 3.41. The predicted octanol–water partition coefficient (Wildman–Crippen LogP) is 4.22. The number of hydrogen-bond donors (Lipinski definition) is 1. The molecule has 0 aliphatic rings. The second-order valence-electron chi connectivity index (χ2n) is 8.78. The highest BCUT2D eigenvalue weighted by atomic mass is 16.5. The quantitative estimate of drug-likeness (QED) is 0.400. The van der Waals surface area contributed by atoms with Gasteiger partial charge in [0.25, 0.3) is 0 Å². The Morgan fingerprint density at radius 2 is 1.91 bits per heavy atom. The molecule has 0 radical (unpaired) electrons. The summed E-state index contributed by atoms with van der Waals surface area (Å²) in [6.07, 6.45) is 10.6. The van der Waals surface area contributed by atoms with E-state index in [1.807, 2.05) is 59.3 Å².